The van der Waals surface area contributed by atoms with Crippen molar-refractivity contribution in [2.75, 3.05) is 6.61 Å². The van der Waals surface area contributed by atoms with Crippen molar-refractivity contribution in [3.63, 3.8) is 0 Å². The number of hydrogen-bond acceptors (Lipinski definition) is 3. The molecule has 104 valence electrons. The van der Waals surface area contributed by atoms with Gasteiger partial charge < -0.3 is 14.1 Å². The Hall–Kier alpha value is -2.24. The lowest BCUT2D eigenvalue weighted by atomic mass is 10.1. The molecule has 0 amide bonds. The first-order chi connectivity index (χ1) is 9.54. The molecule has 3 rings (SSSR count). The highest BCUT2D eigenvalue weighted by Crippen LogP contribution is 2.35. The van der Waals surface area contributed by atoms with E-state index in [1.807, 2.05) is 6.92 Å². The molecular formula is C14H11F2NO3. The summed E-state index contributed by atoms with van der Waals surface area (Å²) in [6.07, 6.45) is 2.07. The van der Waals surface area contributed by atoms with Crippen molar-refractivity contribution in [3.05, 3.63) is 39.7 Å². The number of carbonyl (C=O) groups is 1. The number of pyridine rings is 1. The Balaban J connectivity index is 2.50. The molecular weight excluding hydrogens is 268 g/mol. The van der Waals surface area contributed by atoms with Crippen LogP contribution in [0.25, 0.3) is 10.9 Å². The van der Waals surface area contributed by atoms with Gasteiger partial charge in [0.15, 0.2) is 17.0 Å². The van der Waals surface area contributed by atoms with Crippen molar-refractivity contribution in [3.8, 4) is 5.75 Å². The molecule has 1 atom stereocenters. The van der Waals surface area contributed by atoms with E-state index in [-0.39, 0.29) is 41.3 Å². The molecule has 0 radical (unpaired) electrons. The average Bonchev–Trinajstić information content (AvgIpc) is 2.42. The summed E-state index contributed by atoms with van der Waals surface area (Å²) in [4.78, 5) is 22.9. The maximum atomic E-state index is 13.8. The van der Waals surface area contributed by atoms with Gasteiger partial charge in [-0.3, -0.25) is 4.79 Å². The lowest BCUT2D eigenvalue weighted by molar-refractivity contribution is -0.107. The maximum absolute atomic E-state index is 13.8. The third kappa shape index (κ3) is 1.64. The molecule has 2 heterocycles. The van der Waals surface area contributed by atoms with Gasteiger partial charge in [0.25, 0.3) is 0 Å². The Bertz CT molecular complexity index is 782. The van der Waals surface area contributed by atoms with Crippen molar-refractivity contribution in [2.24, 2.45) is 0 Å². The molecule has 0 saturated heterocycles. The van der Waals surface area contributed by atoms with E-state index in [0.717, 1.165) is 6.07 Å². The summed E-state index contributed by atoms with van der Waals surface area (Å²) in [6.45, 7) is 2.00. The van der Waals surface area contributed by atoms with Crippen LogP contribution in [0.15, 0.2) is 17.1 Å². The standard InChI is InChI=1S/C14H11F2NO3/c1-7-6-20-14-11(16)10(15)4-9-12(14)17(7)5-8(2-3-18)13(9)19/h3-5,7H,2,6H2,1H3. The molecule has 0 bridgehead atoms. The lowest BCUT2D eigenvalue weighted by Crippen LogP contribution is -2.26. The largest absolute Gasteiger partial charge is 0.486 e. The van der Waals surface area contributed by atoms with E-state index in [1.165, 1.54) is 6.20 Å². The van der Waals surface area contributed by atoms with Crippen LogP contribution < -0.4 is 10.2 Å². The number of ether oxygens (including phenoxy) is 1. The topological polar surface area (TPSA) is 48.3 Å². The molecule has 0 aliphatic carbocycles. The van der Waals surface area contributed by atoms with Crippen LogP contribution in [0.3, 0.4) is 0 Å². The maximum Gasteiger partial charge on any atom is 0.202 e. The number of carbonyl (C=O) groups excluding carboxylic acids is 1. The molecule has 6 heteroatoms. The van der Waals surface area contributed by atoms with Crippen LogP contribution >= 0.6 is 0 Å². The molecule has 0 spiro atoms. The third-order valence-corrected chi connectivity index (χ3v) is 3.49. The fraction of sp³-hybridized carbons (Fsp3) is 0.286. The zero-order chi connectivity index (χ0) is 14.4. The molecule has 1 aliphatic rings. The van der Waals surface area contributed by atoms with Crippen molar-refractivity contribution < 1.29 is 18.3 Å². The molecule has 20 heavy (non-hydrogen) atoms. The summed E-state index contributed by atoms with van der Waals surface area (Å²) < 4.78 is 34.2. The zero-order valence-electron chi connectivity index (χ0n) is 10.7. The van der Waals surface area contributed by atoms with E-state index in [9.17, 15) is 18.4 Å². The van der Waals surface area contributed by atoms with E-state index < -0.39 is 17.1 Å². The number of aldehydes is 1. The first kappa shape index (κ1) is 12.8. The highest BCUT2D eigenvalue weighted by atomic mass is 19.2. The van der Waals surface area contributed by atoms with Gasteiger partial charge in [0.1, 0.15) is 12.9 Å². The van der Waals surface area contributed by atoms with Gasteiger partial charge in [-0.15, -0.1) is 0 Å². The van der Waals surface area contributed by atoms with Crippen LogP contribution in [-0.2, 0) is 11.2 Å². The van der Waals surface area contributed by atoms with Crippen molar-refractivity contribution in [1.29, 1.82) is 0 Å². The molecule has 1 aliphatic heterocycles. The fourth-order valence-corrected chi connectivity index (χ4v) is 2.49. The van der Waals surface area contributed by atoms with Gasteiger partial charge in [0, 0.05) is 18.2 Å². The number of rotatable bonds is 2. The second-order valence-electron chi connectivity index (χ2n) is 4.82. The molecule has 2 aromatic rings. The lowest BCUT2D eigenvalue weighted by Gasteiger charge is -2.27. The van der Waals surface area contributed by atoms with E-state index in [4.69, 9.17) is 4.74 Å². The van der Waals surface area contributed by atoms with Crippen LogP contribution in [0.2, 0.25) is 0 Å². The molecule has 0 saturated carbocycles. The Morgan fingerprint density at radius 1 is 1.50 bits per heavy atom. The van der Waals surface area contributed by atoms with Crippen LogP contribution in [0.4, 0.5) is 8.78 Å². The number of aromatic nitrogens is 1. The third-order valence-electron chi connectivity index (χ3n) is 3.49. The monoisotopic (exact) mass is 279 g/mol. The minimum Gasteiger partial charge on any atom is -0.486 e. The second-order valence-corrected chi connectivity index (χ2v) is 4.82. The number of benzene rings is 1. The summed E-state index contributed by atoms with van der Waals surface area (Å²) in [7, 11) is 0. The minimum atomic E-state index is -1.13. The van der Waals surface area contributed by atoms with E-state index in [0.29, 0.717) is 6.29 Å². The first-order valence-corrected chi connectivity index (χ1v) is 6.16. The molecule has 1 unspecified atom stereocenters. The predicted octanol–water partition coefficient (Wildman–Crippen LogP) is 1.97. The van der Waals surface area contributed by atoms with E-state index >= 15 is 0 Å². The number of hydrogen-bond donors (Lipinski definition) is 0. The Kier molecular flexibility index (Phi) is 2.81. The van der Waals surface area contributed by atoms with Gasteiger partial charge in [-0.1, -0.05) is 0 Å². The normalized spacial score (nSPS) is 17.1. The van der Waals surface area contributed by atoms with Gasteiger partial charge in [-0.05, 0) is 13.0 Å². The SMILES string of the molecule is CC1COc2c(F)c(F)cc3c(=O)c(CC=O)cn1c23. The molecule has 1 aromatic carbocycles. The molecule has 1 aromatic heterocycles. The van der Waals surface area contributed by atoms with Crippen LogP contribution in [0.1, 0.15) is 18.5 Å². The average molecular weight is 279 g/mol. The summed E-state index contributed by atoms with van der Waals surface area (Å²) in [5, 5.41) is 0.0322. The van der Waals surface area contributed by atoms with Gasteiger partial charge in [0.05, 0.1) is 16.9 Å². The smallest absolute Gasteiger partial charge is 0.202 e. The summed E-state index contributed by atoms with van der Waals surface area (Å²) in [5.41, 5.74) is 0.0294. The molecule has 0 fully saturated rings. The first-order valence-electron chi connectivity index (χ1n) is 6.16. The van der Waals surface area contributed by atoms with Crippen molar-refractivity contribution >= 4 is 17.2 Å². The second kappa shape index (κ2) is 4.40. The van der Waals surface area contributed by atoms with Gasteiger partial charge in [-0.2, -0.15) is 4.39 Å². The van der Waals surface area contributed by atoms with Crippen LogP contribution in [-0.4, -0.2) is 17.5 Å². The quantitative estimate of drug-likeness (QED) is 0.790. The summed E-state index contributed by atoms with van der Waals surface area (Å²) in [6, 6.07) is 0.726. The van der Waals surface area contributed by atoms with Crippen molar-refractivity contribution in [1.82, 2.24) is 4.57 Å². The summed E-state index contributed by atoms with van der Waals surface area (Å²) >= 11 is 0. The highest BCUT2D eigenvalue weighted by molar-refractivity contribution is 5.86. The van der Waals surface area contributed by atoms with E-state index in [1.54, 1.807) is 4.57 Å². The van der Waals surface area contributed by atoms with Gasteiger partial charge >= 0.3 is 0 Å². The van der Waals surface area contributed by atoms with Gasteiger partial charge in [-0.25, -0.2) is 4.39 Å². The van der Waals surface area contributed by atoms with Crippen LogP contribution in [0, 0.1) is 11.6 Å². The van der Waals surface area contributed by atoms with E-state index in [2.05, 4.69) is 0 Å². The van der Waals surface area contributed by atoms with Gasteiger partial charge in [0.2, 0.25) is 5.82 Å². The Morgan fingerprint density at radius 3 is 2.95 bits per heavy atom. The predicted molar refractivity (Wildman–Crippen MR) is 68.1 cm³/mol. The number of nitrogens with zero attached hydrogens (tertiary/aromatic N) is 1. The molecule has 4 nitrogen and oxygen atoms in total. The number of halogens is 2. The molecule has 0 N–H and O–H groups in total. The Morgan fingerprint density at radius 2 is 2.25 bits per heavy atom. The highest BCUT2D eigenvalue weighted by Gasteiger charge is 2.26. The minimum absolute atomic E-state index is 0.0322. The fourth-order valence-electron chi connectivity index (χ4n) is 2.49. The zero-order valence-corrected chi connectivity index (χ0v) is 10.7. The summed E-state index contributed by atoms with van der Waals surface area (Å²) in [5.74, 6) is -2.47. The van der Waals surface area contributed by atoms with Crippen LogP contribution in [0.5, 0.6) is 5.75 Å². The Labute approximate surface area is 112 Å². The van der Waals surface area contributed by atoms with Crippen molar-refractivity contribution in [2.45, 2.75) is 19.4 Å².